The van der Waals surface area contributed by atoms with Gasteiger partial charge in [0.2, 0.25) is 0 Å². The second-order valence-electron chi connectivity index (χ2n) is 6.58. The Morgan fingerprint density at radius 3 is 2.60 bits per heavy atom. The van der Waals surface area contributed by atoms with Gasteiger partial charge in [0.25, 0.3) is 0 Å². The molecule has 2 fully saturated rings. The molecule has 0 radical (unpaired) electrons. The summed E-state index contributed by atoms with van der Waals surface area (Å²) < 4.78 is 0. The SMILES string of the molecule is CC(C)(c1nccc(C2CCCC2)n1)N1CCNCC1. The number of nitrogens with zero attached hydrogens (tertiary/aromatic N) is 3. The molecular formula is C16H26N4. The summed E-state index contributed by atoms with van der Waals surface area (Å²) in [5.74, 6) is 1.65. The van der Waals surface area contributed by atoms with Crippen molar-refractivity contribution in [2.45, 2.75) is 51.0 Å². The van der Waals surface area contributed by atoms with Crippen molar-refractivity contribution < 1.29 is 0 Å². The van der Waals surface area contributed by atoms with Crippen LogP contribution < -0.4 is 5.32 Å². The van der Waals surface area contributed by atoms with Gasteiger partial charge in [-0.15, -0.1) is 0 Å². The van der Waals surface area contributed by atoms with E-state index >= 15 is 0 Å². The fraction of sp³-hybridized carbons (Fsp3) is 0.750. The first-order valence-corrected chi connectivity index (χ1v) is 7.97. The molecule has 2 heterocycles. The maximum atomic E-state index is 4.93. The van der Waals surface area contributed by atoms with Crippen molar-refractivity contribution in [1.29, 1.82) is 0 Å². The van der Waals surface area contributed by atoms with Crippen molar-refractivity contribution in [2.24, 2.45) is 0 Å². The summed E-state index contributed by atoms with van der Waals surface area (Å²) in [6, 6.07) is 2.12. The van der Waals surface area contributed by atoms with Gasteiger partial charge in [0.05, 0.1) is 5.54 Å². The lowest BCUT2D eigenvalue weighted by atomic mass is 9.99. The zero-order valence-electron chi connectivity index (χ0n) is 12.7. The predicted octanol–water partition coefficient (Wildman–Crippen LogP) is 2.27. The molecule has 0 spiro atoms. The molecule has 2 aliphatic rings. The van der Waals surface area contributed by atoms with Crippen LogP contribution in [0.5, 0.6) is 0 Å². The molecule has 0 amide bonds. The third kappa shape index (κ3) is 2.72. The van der Waals surface area contributed by atoms with E-state index in [1.54, 1.807) is 0 Å². The third-order valence-corrected chi connectivity index (χ3v) is 4.91. The van der Waals surface area contributed by atoms with E-state index in [2.05, 4.69) is 35.1 Å². The van der Waals surface area contributed by atoms with E-state index in [-0.39, 0.29) is 5.54 Å². The van der Waals surface area contributed by atoms with Crippen molar-refractivity contribution in [3.63, 3.8) is 0 Å². The van der Waals surface area contributed by atoms with Crippen LogP contribution in [0, 0.1) is 0 Å². The smallest absolute Gasteiger partial charge is 0.148 e. The van der Waals surface area contributed by atoms with Gasteiger partial charge in [-0.25, -0.2) is 9.97 Å². The molecule has 20 heavy (non-hydrogen) atoms. The number of nitrogens with one attached hydrogen (secondary N) is 1. The van der Waals surface area contributed by atoms with Crippen LogP contribution in [0.2, 0.25) is 0 Å². The number of aromatic nitrogens is 2. The Hall–Kier alpha value is -1.00. The molecule has 1 aliphatic heterocycles. The molecule has 4 nitrogen and oxygen atoms in total. The van der Waals surface area contributed by atoms with Gasteiger partial charge in [-0.2, -0.15) is 0 Å². The number of hydrogen-bond acceptors (Lipinski definition) is 4. The molecule has 0 atom stereocenters. The molecule has 110 valence electrons. The normalized spacial score (nSPS) is 22.3. The Morgan fingerprint density at radius 1 is 1.20 bits per heavy atom. The van der Waals surface area contributed by atoms with Crippen molar-refractivity contribution in [3.05, 3.63) is 23.8 Å². The lowest BCUT2D eigenvalue weighted by Crippen LogP contribution is -2.52. The van der Waals surface area contributed by atoms with E-state index in [0.29, 0.717) is 5.92 Å². The fourth-order valence-electron chi connectivity index (χ4n) is 3.48. The average molecular weight is 274 g/mol. The first kappa shape index (κ1) is 14.0. The Balaban J connectivity index is 1.82. The molecule has 1 N–H and O–H groups in total. The molecule has 1 aromatic heterocycles. The van der Waals surface area contributed by atoms with Crippen LogP contribution in [-0.4, -0.2) is 41.0 Å². The van der Waals surface area contributed by atoms with Crippen LogP contribution in [0.3, 0.4) is 0 Å². The van der Waals surface area contributed by atoms with Gasteiger partial charge < -0.3 is 5.32 Å². The summed E-state index contributed by atoms with van der Waals surface area (Å²) in [4.78, 5) is 12.0. The molecule has 4 heteroatoms. The predicted molar refractivity (Wildman–Crippen MR) is 80.7 cm³/mol. The summed E-state index contributed by atoms with van der Waals surface area (Å²) in [5, 5.41) is 3.41. The summed E-state index contributed by atoms with van der Waals surface area (Å²) in [6.45, 7) is 8.78. The van der Waals surface area contributed by atoms with Crippen LogP contribution in [0.25, 0.3) is 0 Å². The van der Waals surface area contributed by atoms with E-state index in [1.807, 2.05) is 6.20 Å². The summed E-state index contributed by atoms with van der Waals surface area (Å²) in [6.07, 6.45) is 7.26. The summed E-state index contributed by atoms with van der Waals surface area (Å²) in [7, 11) is 0. The Bertz CT molecular complexity index is 446. The van der Waals surface area contributed by atoms with Crippen molar-refractivity contribution in [2.75, 3.05) is 26.2 Å². The molecule has 1 saturated carbocycles. The first-order valence-electron chi connectivity index (χ1n) is 7.97. The van der Waals surface area contributed by atoms with Crippen molar-refractivity contribution in [1.82, 2.24) is 20.2 Å². The van der Waals surface area contributed by atoms with Crippen LogP contribution >= 0.6 is 0 Å². The topological polar surface area (TPSA) is 41.1 Å². The third-order valence-electron chi connectivity index (χ3n) is 4.91. The van der Waals surface area contributed by atoms with E-state index in [0.717, 1.165) is 32.0 Å². The van der Waals surface area contributed by atoms with E-state index in [4.69, 9.17) is 4.98 Å². The minimum Gasteiger partial charge on any atom is -0.314 e. The van der Waals surface area contributed by atoms with E-state index in [1.165, 1.54) is 31.4 Å². The standard InChI is InChI=1S/C16H26N4/c1-16(2,20-11-9-17-10-12-20)15-18-8-7-14(19-15)13-5-3-4-6-13/h7-8,13,17H,3-6,9-12H2,1-2H3. The minimum absolute atomic E-state index is 0.0727. The second kappa shape index (κ2) is 5.78. The lowest BCUT2D eigenvalue weighted by Gasteiger charge is -2.40. The highest BCUT2D eigenvalue weighted by atomic mass is 15.3. The highest BCUT2D eigenvalue weighted by Crippen LogP contribution is 2.34. The van der Waals surface area contributed by atoms with Crippen LogP contribution in [0.4, 0.5) is 0 Å². The number of rotatable bonds is 3. The summed E-state index contributed by atoms with van der Waals surface area (Å²) >= 11 is 0. The summed E-state index contributed by atoms with van der Waals surface area (Å²) in [5.41, 5.74) is 1.19. The molecule has 0 unspecified atom stereocenters. The number of hydrogen-bond donors (Lipinski definition) is 1. The Labute approximate surface area is 122 Å². The maximum Gasteiger partial charge on any atom is 0.148 e. The van der Waals surface area contributed by atoms with Gasteiger partial charge in [-0.05, 0) is 32.8 Å². The van der Waals surface area contributed by atoms with Crippen LogP contribution in [0.1, 0.15) is 57.0 Å². The molecular weight excluding hydrogens is 248 g/mol. The molecule has 1 aliphatic carbocycles. The average Bonchev–Trinajstić information content (AvgIpc) is 3.03. The fourth-order valence-corrected chi connectivity index (χ4v) is 3.48. The van der Waals surface area contributed by atoms with Gasteiger partial charge in [0.15, 0.2) is 0 Å². The largest absolute Gasteiger partial charge is 0.314 e. The van der Waals surface area contributed by atoms with Crippen molar-refractivity contribution >= 4 is 0 Å². The van der Waals surface area contributed by atoms with Crippen LogP contribution in [-0.2, 0) is 5.54 Å². The highest BCUT2D eigenvalue weighted by molar-refractivity contribution is 5.14. The molecule has 1 saturated heterocycles. The van der Waals surface area contributed by atoms with Gasteiger partial charge in [-0.3, -0.25) is 4.90 Å². The monoisotopic (exact) mass is 274 g/mol. The quantitative estimate of drug-likeness (QED) is 0.918. The van der Waals surface area contributed by atoms with Gasteiger partial charge in [0, 0.05) is 44.0 Å². The second-order valence-corrected chi connectivity index (χ2v) is 6.58. The lowest BCUT2D eigenvalue weighted by molar-refractivity contribution is 0.0945. The Morgan fingerprint density at radius 2 is 1.90 bits per heavy atom. The van der Waals surface area contributed by atoms with Gasteiger partial charge >= 0.3 is 0 Å². The minimum atomic E-state index is -0.0727. The molecule has 0 bridgehead atoms. The Kier molecular flexibility index (Phi) is 4.03. The number of piperazine rings is 1. The van der Waals surface area contributed by atoms with Gasteiger partial charge in [-0.1, -0.05) is 12.8 Å². The molecule has 0 aromatic carbocycles. The molecule has 1 aromatic rings. The van der Waals surface area contributed by atoms with Crippen molar-refractivity contribution in [3.8, 4) is 0 Å². The molecule has 3 rings (SSSR count). The highest BCUT2D eigenvalue weighted by Gasteiger charge is 2.33. The zero-order valence-corrected chi connectivity index (χ0v) is 12.7. The first-order chi connectivity index (χ1) is 9.68. The van der Waals surface area contributed by atoms with E-state index < -0.39 is 0 Å². The van der Waals surface area contributed by atoms with E-state index in [9.17, 15) is 0 Å². The zero-order chi connectivity index (χ0) is 14.0. The maximum absolute atomic E-state index is 4.93. The van der Waals surface area contributed by atoms with Crippen LogP contribution in [0.15, 0.2) is 12.3 Å². The van der Waals surface area contributed by atoms with Gasteiger partial charge in [0.1, 0.15) is 5.82 Å².